The van der Waals surface area contributed by atoms with Gasteiger partial charge in [0.2, 0.25) is 5.88 Å². The molecule has 0 radical (unpaired) electrons. The minimum Gasteiger partial charge on any atom is -0.437 e. The number of aromatic nitrogens is 1. The zero-order chi connectivity index (χ0) is 14.5. The molecule has 2 aromatic rings. The van der Waals surface area contributed by atoms with E-state index in [-0.39, 0.29) is 0 Å². The van der Waals surface area contributed by atoms with Crippen LogP contribution in [0.3, 0.4) is 0 Å². The van der Waals surface area contributed by atoms with Crippen molar-refractivity contribution in [1.82, 2.24) is 4.98 Å². The van der Waals surface area contributed by atoms with Crippen LogP contribution in [0.2, 0.25) is 5.02 Å². The second kappa shape index (κ2) is 7.30. The molecule has 1 aromatic carbocycles. The van der Waals surface area contributed by atoms with Crippen molar-refractivity contribution >= 4 is 39.1 Å². The van der Waals surface area contributed by atoms with Gasteiger partial charge >= 0.3 is 0 Å². The van der Waals surface area contributed by atoms with E-state index in [4.69, 9.17) is 27.9 Å². The maximum absolute atomic E-state index is 6.15. The minimum absolute atomic E-state index is 0.434. The summed E-state index contributed by atoms with van der Waals surface area (Å²) < 4.78 is 6.68. The number of benzene rings is 1. The maximum Gasteiger partial charge on any atom is 0.219 e. The molecular formula is C15H14BrCl2NO. The fourth-order valence-corrected chi connectivity index (χ4v) is 2.67. The Kier molecular flexibility index (Phi) is 5.70. The summed E-state index contributed by atoms with van der Waals surface area (Å²) in [6.07, 6.45) is 1.92. The largest absolute Gasteiger partial charge is 0.437 e. The van der Waals surface area contributed by atoms with Crippen LogP contribution < -0.4 is 4.74 Å². The normalized spacial score (nSPS) is 10.6. The van der Waals surface area contributed by atoms with Crippen molar-refractivity contribution in [3.63, 3.8) is 0 Å². The molecule has 106 valence electrons. The van der Waals surface area contributed by atoms with E-state index in [0.717, 1.165) is 28.6 Å². The molecule has 0 saturated heterocycles. The van der Waals surface area contributed by atoms with E-state index < -0.39 is 0 Å². The number of hydrogen-bond donors (Lipinski definition) is 0. The van der Waals surface area contributed by atoms with Gasteiger partial charge in [0, 0.05) is 22.1 Å². The van der Waals surface area contributed by atoms with Crippen LogP contribution in [0.4, 0.5) is 0 Å². The molecule has 1 aromatic heterocycles. The fraction of sp³-hybridized carbons (Fsp3) is 0.267. The molecule has 1 heterocycles. The summed E-state index contributed by atoms with van der Waals surface area (Å²) in [4.78, 5) is 4.48. The Morgan fingerprint density at radius 2 is 2.05 bits per heavy atom. The maximum atomic E-state index is 6.15. The highest BCUT2D eigenvalue weighted by Gasteiger charge is 2.07. The van der Waals surface area contributed by atoms with Crippen molar-refractivity contribution < 1.29 is 4.74 Å². The molecule has 0 saturated carbocycles. The molecule has 0 bridgehead atoms. The van der Waals surface area contributed by atoms with E-state index in [2.05, 4.69) is 27.8 Å². The fourth-order valence-electron chi connectivity index (χ4n) is 1.80. The minimum atomic E-state index is 0.434. The van der Waals surface area contributed by atoms with Gasteiger partial charge in [-0.05, 0) is 36.2 Å². The van der Waals surface area contributed by atoms with Crippen molar-refractivity contribution in [2.45, 2.75) is 25.6 Å². The van der Waals surface area contributed by atoms with Crippen molar-refractivity contribution in [2.75, 3.05) is 0 Å². The van der Waals surface area contributed by atoms with Gasteiger partial charge < -0.3 is 4.74 Å². The molecule has 0 spiro atoms. The number of pyridine rings is 1. The van der Waals surface area contributed by atoms with Crippen LogP contribution in [-0.4, -0.2) is 4.98 Å². The van der Waals surface area contributed by atoms with Gasteiger partial charge in [0.05, 0.1) is 5.02 Å². The molecule has 0 aliphatic heterocycles. The highest BCUT2D eigenvalue weighted by molar-refractivity contribution is 9.10. The summed E-state index contributed by atoms with van der Waals surface area (Å²) >= 11 is 15.4. The van der Waals surface area contributed by atoms with Gasteiger partial charge in [0.25, 0.3) is 0 Å². The molecule has 20 heavy (non-hydrogen) atoms. The number of aryl methyl sites for hydroxylation is 1. The lowest BCUT2D eigenvalue weighted by Crippen LogP contribution is -1.96. The predicted molar refractivity (Wildman–Crippen MR) is 87.0 cm³/mol. The van der Waals surface area contributed by atoms with Crippen LogP contribution >= 0.6 is 39.1 Å². The highest BCUT2D eigenvalue weighted by atomic mass is 79.9. The number of hydrogen-bond acceptors (Lipinski definition) is 2. The van der Waals surface area contributed by atoms with E-state index in [1.54, 1.807) is 12.1 Å². The number of rotatable bonds is 5. The van der Waals surface area contributed by atoms with E-state index >= 15 is 0 Å². The first-order valence-corrected chi connectivity index (χ1v) is 8.01. The smallest absolute Gasteiger partial charge is 0.219 e. The molecule has 0 amide bonds. The SMILES string of the molecule is CCCc1cc(CCl)cc(Oc2ccc(Br)cc2Cl)n1. The first-order chi connectivity index (χ1) is 9.62. The molecule has 0 unspecified atom stereocenters. The van der Waals surface area contributed by atoms with E-state index in [1.165, 1.54) is 0 Å². The summed E-state index contributed by atoms with van der Waals surface area (Å²) in [5, 5.41) is 0.537. The quantitative estimate of drug-likeness (QED) is 0.600. The standard InChI is InChI=1S/C15H14BrCl2NO/c1-2-3-12-6-10(9-17)7-15(19-12)20-14-5-4-11(16)8-13(14)18/h4-8H,2-3,9H2,1H3. The zero-order valence-corrected chi connectivity index (χ0v) is 14.1. The molecule has 0 aliphatic carbocycles. The summed E-state index contributed by atoms with van der Waals surface area (Å²) in [7, 11) is 0. The average Bonchev–Trinajstić information content (AvgIpc) is 2.42. The molecule has 2 nitrogen and oxygen atoms in total. The Morgan fingerprint density at radius 3 is 2.70 bits per heavy atom. The molecule has 0 atom stereocenters. The van der Waals surface area contributed by atoms with Crippen LogP contribution in [0.5, 0.6) is 11.6 Å². The Labute approximate surface area is 137 Å². The third-order valence-corrected chi connectivity index (χ3v) is 3.78. The van der Waals surface area contributed by atoms with Crippen LogP contribution in [0, 0.1) is 0 Å². The first-order valence-electron chi connectivity index (χ1n) is 6.31. The van der Waals surface area contributed by atoms with Gasteiger partial charge in [-0.15, -0.1) is 11.6 Å². The Hall–Kier alpha value is -0.770. The van der Waals surface area contributed by atoms with E-state index in [9.17, 15) is 0 Å². The number of ether oxygens (including phenoxy) is 1. The summed E-state index contributed by atoms with van der Waals surface area (Å²) in [5.74, 6) is 1.54. The molecule has 2 rings (SSSR count). The lowest BCUT2D eigenvalue weighted by molar-refractivity contribution is 0.460. The monoisotopic (exact) mass is 373 g/mol. The third-order valence-electron chi connectivity index (χ3n) is 2.68. The van der Waals surface area contributed by atoms with Crippen LogP contribution in [-0.2, 0) is 12.3 Å². The molecule has 5 heteroatoms. The molecule has 0 fully saturated rings. The lowest BCUT2D eigenvalue weighted by Gasteiger charge is -2.10. The first kappa shape index (κ1) is 15.6. The molecule has 0 N–H and O–H groups in total. The van der Waals surface area contributed by atoms with Gasteiger partial charge in [0.1, 0.15) is 5.75 Å². The molecule has 0 aliphatic rings. The van der Waals surface area contributed by atoms with Gasteiger partial charge in [-0.1, -0.05) is 40.9 Å². The van der Waals surface area contributed by atoms with Crippen molar-refractivity contribution in [1.29, 1.82) is 0 Å². The number of halogens is 3. The number of nitrogens with zero attached hydrogens (tertiary/aromatic N) is 1. The second-order valence-electron chi connectivity index (χ2n) is 4.37. The van der Waals surface area contributed by atoms with Gasteiger partial charge in [-0.25, -0.2) is 4.98 Å². The third kappa shape index (κ3) is 4.11. The van der Waals surface area contributed by atoms with E-state index in [0.29, 0.717) is 22.5 Å². The van der Waals surface area contributed by atoms with Crippen LogP contribution in [0.15, 0.2) is 34.8 Å². The lowest BCUT2D eigenvalue weighted by atomic mass is 10.2. The topological polar surface area (TPSA) is 22.1 Å². The summed E-state index contributed by atoms with van der Waals surface area (Å²) in [5.41, 5.74) is 1.97. The Bertz CT molecular complexity index is 604. The average molecular weight is 375 g/mol. The summed E-state index contributed by atoms with van der Waals surface area (Å²) in [6.45, 7) is 2.11. The molecular weight excluding hydrogens is 361 g/mol. The Morgan fingerprint density at radius 1 is 1.25 bits per heavy atom. The highest BCUT2D eigenvalue weighted by Crippen LogP contribution is 2.31. The van der Waals surface area contributed by atoms with Gasteiger partial charge in [0.15, 0.2) is 0 Å². The van der Waals surface area contributed by atoms with E-state index in [1.807, 2.05) is 18.2 Å². The number of alkyl halides is 1. The zero-order valence-electron chi connectivity index (χ0n) is 11.0. The van der Waals surface area contributed by atoms with Gasteiger partial charge in [-0.2, -0.15) is 0 Å². The Balaban J connectivity index is 2.29. The second-order valence-corrected chi connectivity index (χ2v) is 5.96. The predicted octanol–water partition coefficient (Wildman–Crippen LogP) is 5.98. The summed E-state index contributed by atoms with van der Waals surface area (Å²) in [6, 6.07) is 9.31. The van der Waals surface area contributed by atoms with Crippen molar-refractivity contribution in [3.05, 3.63) is 51.1 Å². The van der Waals surface area contributed by atoms with Crippen molar-refractivity contribution in [3.8, 4) is 11.6 Å². The van der Waals surface area contributed by atoms with Gasteiger partial charge in [-0.3, -0.25) is 0 Å². The van der Waals surface area contributed by atoms with Crippen molar-refractivity contribution in [2.24, 2.45) is 0 Å². The van der Waals surface area contributed by atoms with Crippen LogP contribution in [0.1, 0.15) is 24.6 Å². The van der Waals surface area contributed by atoms with Crippen LogP contribution in [0.25, 0.3) is 0 Å².